The molecule has 1 nitrogen and oxygen atoms in total. The average Bonchev–Trinajstić information content (AvgIpc) is 2.19. The number of anilines is 1. The highest BCUT2D eigenvalue weighted by atomic mass is 14.8. The van der Waals surface area contributed by atoms with E-state index in [4.69, 9.17) is 0 Å². The molecule has 0 aliphatic carbocycles. The first-order chi connectivity index (χ1) is 6.43. The summed E-state index contributed by atoms with van der Waals surface area (Å²) < 4.78 is 0. The van der Waals surface area contributed by atoms with E-state index in [0.29, 0.717) is 0 Å². The molecule has 0 saturated heterocycles. The van der Waals surface area contributed by atoms with Crippen molar-refractivity contribution < 1.29 is 0 Å². The quantitative estimate of drug-likeness (QED) is 0.676. The number of rotatable bonds is 5. The van der Waals surface area contributed by atoms with Crippen LogP contribution in [0.1, 0.15) is 19.8 Å². The van der Waals surface area contributed by atoms with Gasteiger partial charge in [0.15, 0.2) is 0 Å². The molecule has 0 spiro atoms. The van der Waals surface area contributed by atoms with Gasteiger partial charge < -0.3 is 5.32 Å². The van der Waals surface area contributed by atoms with E-state index in [1.165, 1.54) is 18.5 Å². The summed E-state index contributed by atoms with van der Waals surface area (Å²) in [5.74, 6) is 0. The molecule has 0 unspecified atom stereocenters. The van der Waals surface area contributed by atoms with Crippen molar-refractivity contribution in [2.24, 2.45) is 0 Å². The molecule has 70 valence electrons. The molecule has 0 amide bonds. The molecule has 1 heteroatoms. The summed E-state index contributed by atoms with van der Waals surface area (Å²) in [5, 5.41) is 3.32. The lowest BCUT2D eigenvalue weighted by Gasteiger charge is -2.01. The van der Waals surface area contributed by atoms with Crippen LogP contribution in [0, 0.1) is 0 Å². The third-order valence-corrected chi connectivity index (χ3v) is 1.82. The SMILES string of the molecule is CCC/C=C/CNc1ccccc1. The number of unbranched alkanes of at least 4 members (excludes halogenated alkanes) is 1. The number of hydrogen-bond acceptors (Lipinski definition) is 1. The predicted molar refractivity (Wildman–Crippen MR) is 59.0 cm³/mol. The van der Waals surface area contributed by atoms with Crippen LogP contribution in [0.3, 0.4) is 0 Å². The molecule has 0 radical (unpaired) electrons. The van der Waals surface area contributed by atoms with Crippen LogP contribution in [0.2, 0.25) is 0 Å². The normalized spacial score (nSPS) is 10.5. The summed E-state index contributed by atoms with van der Waals surface area (Å²) in [7, 11) is 0. The second kappa shape index (κ2) is 6.30. The zero-order valence-corrected chi connectivity index (χ0v) is 8.16. The monoisotopic (exact) mass is 175 g/mol. The summed E-state index contributed by atoms with van der Waals surface area (Å²) in [6.45, 7) is 3.11. The molecule has 0 aliphatic heterocycles. The number of para-hydroxylation sites is 1. The Morgan fingerprint density at radius 2 is 1.92 bits per heavy atom. The summed E-state index contributed by atoms with van der Waals surface area (Å²) in [6, 6.07) is 10.3. The topological polar surface area (TPSA) is 12.0 Å². The van der Waals surface area contributed by atoms with Crippen LogP contribution in [0.4, 0.5) is 5.69 Å². The molecule has 0 heterocycles. The van der Waals surface area contributed by atoms with Gasteiger partial charge in [0.25, 0.3) is 0 Å². The maximum atomic E-state index is 3.32. The van der Waals surface area contributed by atoms with Gasteiger partial charge in [-0.15, -0.1) is 0 Å². The van der Waals surface area contributed by atoms with E-state index >= 15 is 0 Å². The van der Waals surface area contributed by atoms with E-state index in [9.17, 15) is 0 Å². The Kier molecular flexibility index (Phi) is 4.77. The van der Waals surface area contributed by atoms with Crippen LogP contribution in [0.15, 0.2) is 42.5 Å². The summed E-state index contributed by atoms with van der Waals surface area (Å²) in [6.07, 6.45) is 6.80. The molecule has 1 rings (SSSR count). The van der Waals surface area contributed by atoms with E-state index in [-0.39, 0.29) is 0 Å². The van der Waals surface area contributed by atoms with Crippen LogP contribution in [0.5, 0.6) is 0 Å². The lowest BCUT2D eigenvalue weighted by molar-refractivity contribution is 0.955. The number of allylic oxidation sites excluding steroid dienone is 1. The van der Waals surface area contributed by atoms with Gasteiger partial charge in [-0.3, -0.25) is 0 Å². The molecule has 0 saturated carbocycles. The van der Waals surface area contributed by atoms with Crippen LogP contribution >= 0.6 is 0 Å². The maximum Gasteiger partial charge on any atom is 0.0342 e. The second-order valence-electron chi connectivity index (χ2n) is 3.01. The smallest absolute Gasteiger partial charge is 0.0342 e. The Bertz CT molecular complexity index is 239. The standard InChI is InChI=1S/C12H17N/c1-2-3-4-8-11-13-12-9-6-5-7-10-12/h4-10,13H,2-3,11H2,1H3/b8-4+. The lowest BCUT2D eigenvalue weighted by Crippen LogP contribution is -1.96. The molecule has 1 N–H and O–H groups in total. The fourth-order valence-corrected chi connectivity index (χ4v) is 1.10. The first-order valence-electron chi connectivity index (χ1n) is 4.87. The molecule has 0 fully saturated rings. The Morgan fingerprint density at radius 3 is 2.62 bits per heavy atom. The molecular weight excluding hydrogens is 158 g/mol. The fraction of sp³-hybridized carbons (Fsp3) is 0.333. The van der Waals surface area contributed by atoms with E-state index < -0.39 is 0 Å². The maximum absolute atomic E-state index is 3.32. The van der Waals surface area contributed by atoms with Crippen molar-refractivity contribution in [1.82, 2.24) is 0 Å². The summed E-state index contributed by atoms with van der Waals surface area (Å²) in [5.41, 5.74) is 1.18. The third kappa shape index (κ3) is 4.36. The van der Waals surface area contributed by atoms with Gasteiger partial charge in [-0.25, -0.2) is 0 Å². The van der Waals surface area contributed by atoms with Crippen molar-refractivity contribution in [2.75, 3.05) is 11.9 Å². The minimum absolute atomic E-state index is 0.921. The van der Waals surface area contributed by atoms with Gasteiger partial charge in [-0.2, -0.15) is 0 Å². The highest BCUT2D eigenvalue weighted by molar-refractivity contribution is 5.42. The van der Waals surface area contributed by atoms with Gasteiger partial charge in [-0.05, 0) is 18.6 Å². The average molecular weight is 175 g/mol. The fourth-order valence-electron chi connectivity index (χ4n) is 1.10. The minimum atomic E-state index is 0.921. The molecule has 1 aromatic rings. The highest BCUT2D eigenvalue weighted by Crippen LogP contribution is 2.03. The summed E-state index contributed by atoms with van der Waals surface area (Å²) in [4.78, 5) is 0. The van der Waals surface area contributed by atoms with Crippen LogP contribution in [-0.4, -0.2) is 6.54 Å². The molecule has 0 bridgehead atoms. The Hall–Kier alpha value is -1.24. The first kappa shape index (κ1) is 9.85. The van der Waals surface area contributed by atoms with Crippen LogP contribution in [0.25, 0.3) is 0 Å². The van der Waals surface area contributed by atoms with Crippen LogP contribution in [-0.2, 0) is 0 Å². The Balaban J connectivity index is 2.20. The largest absolute Gasteiger partial charge is 0.382 e. The van der Waals surface area contributed by atoms with Crippen molar-refractivity contribution >= 4 is 5.69 Å². The van der Waals surface area contributed by atoms with Gasteiger partial charge in [0.2, 0.25) is 0 Å². The van der Waals surface area contributed by atoms with Crippen molar-refractivity contribution in [3.63, 3.8) is 0 Å². The van der Waals surface area contributed by atoms with Gasteiger partial charge in [-0.1, -0.05) is 43.7 Å². The van der Waals surface area contributed by atoms with Crippen LogP contribution < -0.4 is 5.32 Å². The molecule has 13 heavy (non-hydrogen) atoms. The minimum Gasteiger partial charge on any atom is -0.382 e. The number of nitrogens with one attached hydrogen (secondary N) is 1. The van der Waals surface area contributed by atoms with Crippen molar-refractivity contribution in [3.8, 4) is 0 Å². The predicted octanol–water partition coefficient (Wildman–Crippen LogP) is 3.45. The zero-order valence-electron chi connectivity index (χ0n) is 8.16. The van der Waals surface area contributed by atoms with E-state index in [1.54, 1.807) is 0 Å². The summed E-state index contributed by atoms with van der Waals surface area (Å²) >= 11 is 0. The molecular formula is C12H17N. The van der Waals surface area contributed by atoms with Gasteiger partial charge in [0.05, 0.1) is 0 Å². The second-order valence-corrected chi connectivity index (χ2v) is 3.01. The molecule has 0 aromatic heterocycles. The van der Waals surface area contributed by atoms with Gasteiger partial charge in [0.1, 0.15) is 0 Å². The van der Waals surface area contributed by atoms with Gasteiger partial charge >= 0.3 is 0 Å². The Morgan fingerprint density at radius 1 is 1.15 bits per heavy atom. The van der Waals surface area contributed by atoms with Crippen molar-refractivity contribution in [3.05, 3.63) is 42.5 Å². The highest BCUT2D eigenvalue weighted by Gasteiger charge is 1.84. The van der Waals surface area contributed by atoms with Crippen molar-refractivity contribution in [1.29, 1.82) is 0 Å². The number of hydrogen-bond donors (Lipinski definition) is 1. The molecule has 0 atom stereocenters. The van der Waals surface area contributed by atoms with E-state index in [1.807, 2.05) is 18.2 Å². The molecule has 0 aliphatic rings. The lowest BCUT2D eigenvalue weighted by atomic mass is 10.3. The van der Waals surface area contributed by atoms with E-state index in [2.05, 4.69) is 36.5 Å². The Labute approximate surface area is 80.5 Å². The number of benzene rings is 1. The third-order valence-electron chi connectivity index (χ3n) is 1.82. The first-order valence-corrected chi connectivity index (χ1v) is 4.87. The zero-order chi connectivity index (χ0) is 9.36. The van der Waals surface area contributed by atoms with Gasteiger partial charge in [0, 0.05) is 12.2 Å². The molecule has 1 aromatic carbocycles. The van der Waals surface area contributed by atoms with E-state index in [0.717, 1.165) is 6.54 Å². The van der Waals surface area contributed by atoms with Crippen molar-refractivity contribution in [2.45, 2.75) is 19.8 Å².